The summed E-state index contributed by atoms with van der Waals surface area (Å²) in [5.41, 5.74) is 6.91. The molecule has 2 N–H and O–H groups in total. The minimum absolute atomic E-state index is 0. The van der Waals surface area contributed by atoms with Gasteiger partial charge in [-0.1, -0.05) is 0 Å². The Bertz CT molecular complexity index is 247. The van der Waals surface area contributed by atoms with E-state index in [2.05, 4.69) is 15.9 Å². The lowest BCUT2D eigenvalue weighted by Gasteiger charge is -2.04. The fourth-order valence-electron chi connectivity index (χ4n) is 0.926. The van der Waals surface area contributed by atoms with Crippen LogP contribution in [0.5, 0.6) is 0 Å². The third-order valence-corrected chi connectivity index (χ3v) is 3.93. The molecule has 76 valence electrons. The van der Waals surface area contributed by atoms with E-state index in [1.165, 1.54) is 5.56 Å². The molecule has 0 radical (unpaired) electrons. The van der Waals surface area contributed by atoms with Gasteiger partial charge in [-0.3, -0.25) is 4.39 Å². The molecule has 0 saturated carbocycles. The van der Waals surface area contributed by atoms with Gasteiger partial charge < -0.3 is 5.73 Å². The number of rotatable bonds is 3. The maximum absolute atomic E-state index is 11.9. The Morgan fingerprint density at radius 3 is 2.69 bits per heavy atom. The standard InChI is InChI=1S/C8H11BrFNS.ClH/c1-5-4-7(12-8(5)9)6(11)2-3-10;/h4,6H,2-3,11H2,1H3;1H/t6-;/m0./s1. The van der Waals surface area contributed by atoms with Crippen LogP contribution in [0.4, 0.5) is 4.39 Å². The van der Waals surface area contributed by atoms with Crippen LogP contribution in [-0.4, -0.2) is 6.67 Å². The van der Waals surface area contributed by atoms with E-state index < -0.39 is 0 Å². The van der Waals surface area contributed by atoms with Gasteiger partial charge in [-0.15, -0.1) is 23.7 Å². The van der Waals surface area contributed by atoms with Crippen LogP contribution in [0, 0.1) is 6.92 Å². The van der Waals surface area contributed by atoms with Gasteiger partial charge in [0.25, 0.3) is 0 Å². The number of nitrogens with two attached hydrogens (primary N) is 1. The van der Waals surface area contributed by atoms with Crippen molar-refractivity contribution in [2.24, 2.45) is 5.73 Å². The first kappa shape index (κ1) is 13.4. The predicted molar refractivity (Wildman–Crippen MR) is 61.5 cm³/mol. The van der Waals surface area contributed by atoms with Crippen LogP contribution in [-0.2, 0) is 0 Å². The van der Waals surface area contributed by atoms with E-state index in [0.717, 1.165) is 8.66 Å². The normalized spacial score (nSPS) is 12.3. The number of hydrogen-bond acceptors (Lipinski definition) is 2. The van der Waals surface area contributed by atoms with Crippen molar-refractivity contribution >= 4 is 39.7 Å². The minimum atomic E-state index is -0.351. The first-order valence-electron chi connectivity index (χ1n) is 3.72. The number of alkyl halides is 1. The number of hydrogen-bond donors (Lipinski definition) is 1. The van der Waals surface area contributed by atoms with E-state index in [1.54, 1.807) is 11.3 Å². The highest BCUT2D eigenvalue weighted by atomic mass is 79.9. The molecule has 1 aromatic heterocycles. The number of aryl methyl sites for hydroxylation is 1. The largest absolute Gasteiger partial charge is 0.323 e. The Morgan fingerprint density at radius 1 is 1.69 bits per heavy atom. The summed E-state index contributed by atoms with van der Waals surface area (Å²) in [6.07, 6.45) is 0.409. The van der Waals surface area contributed by atoms with E-state index in [0.29, 0.717) is 6.42 Å². The number of halogens is 3. The molecule has 0 saturated heterocycles. The molecule has 1 nitrogen and oxygen atoms in total. The Kier molecular flexibility index (Phi) is 6.12. The average molecular weight is 289 g/mol. The maximum atomic E-state index is 11.9. The van der Waals surface area contributed by atoms with Gasteiger partial charge in [0.15, 0.2) is 0 Å². The van der Waals surface area contributed by atoms with Gasteiger partial charge in [-0.05, 0) is 40.9 Å². The van der Waals surface area contributed by atoms with E-state index in [4.69, 9.17) is 5.73 Å². The lowest BCUT2D eigenvalue weighted by Crippen LogP contribution is -2.08. The van der Waals surface area contributed by atoms with Gasteiger partial charge in [-0.25, -0.2) is 0 Å². The molecule has 1 aromatic rings. The molecule has 0 aliphatic heterocycles. The van der Waals surface area contributed by atoms with Crippen molar-refractivity contribution < 1.29 is 4.39 Å². The van der Waals surface area contributed by atoms with Crippen LogP contribution in [0.1, 0.15) is 22.9 Å². The van der Waals surface area contributed by atoms with Crippen LogP contribution < -0.4 is 5.73 Å². The van der Waals surface area contributed by atoms with Crippen LogP contribution in [0.3, 0.4) is 0 Å². The SMILES string of the molecule is Cc1cc([C@@H](N)CCF)sc1Br.Cl. The van der Waals surface area contributed by atoms with Gasteiger partial charge in [0.1, 0.15) is 0 Å². The smallest absolute Gasteiger partial charge is 0.0912 e. The molecule has 0 unspecified atom stereocenters. The summed E-state index contributed by atoms with van der Waals surface area (Å²) in [5, 5.41) is 0. The predicted octanol–water partition coefficient (Wildman–Crippen LogP) is 3.60. The van der Waals surface area contributed by atoms with E-state index in [-0.39, 0.29) is 25.1 Å². The van der Waals surface area contributed by atoms with E-state index in [9.17, 15) is 4.39 Å². The van der Waals surface area contributed by atoms with Crippen molar-refractivity contribution in [3.8, 4) is 0 Å². The molecule has 0 bridgehead atoms. The highest BCUT2D eigenvalue weighted by Crippen LogP contribution is 2.31. The zero-order valence-electron chi connectivity index (χ0n) is 7.22. The summed E-state index contributed by atoms with van der Waals surface area (Å²) in [4.78, 5) is 1.05. The van der Waals surface area contributed by atoms with Crippen LogP contribution >= 0.6 is 39.7 Å². The summed E-state index contributed by atoms with van der Waals surface area (Å²) in [6.45, 7) is 1.65. The fourth-order valence-corrected chi connectivity index (χ4v) is 2.53. The molecule has 0 aliphatic rings. The minimum Gasteiger partial charge on any atom is -0.323 e. The molecule has 1 atom stereocenters. The average Bonchev–Trinajstić information content (AvgIpc) is 2.33. The lowest BCUT2D eigenvalue weighted by atomic mass is 10.2. The monoisotopic (exact) mass is 287 g/mol. The van der Waals surface area contributed by atoms with Gasteiger partial charge in [0.05, 0.1) is 10.5 Å². The Hall–Kier alpha value is 0.360. The molecular weight excluding hydrogens is 277 g/mol. The third-order valence-electron chi connectivity index (χ3n) is 1.66. The zero-order valence-corrected chi connectivity index (χ0v) is 10.4. The molecule has 0 aromatic carbocycles. The first-order chi connectivity index (χ1) is 5.65. The van der Waals surface area contributed by atoms with Crippen LogP contribution in [0.2, 0.25) is 0 Å². The van der Waals surface area contributed by atoms with Gasteiger partial charge in [0.2, 0.25) is 0 Å². The molecule has 0 spiro atoms. The van der Waals surface area contributed by atoms with Crippen molar-refractivity contribution in [3.63, 3.8) is 0 Å². The van der Waals surface area contributed by atoms with Crippen LogP contribution in [0.15, 0.2) is 9.85 Å². The lowest BCUT2D eigenvalue weighted by molar-refractivity contribution is 0.444. The zero-order chi connectivity index (χ0) is 9.14. The Morgan fingerprint density at radius 2 is 2.31 bits per heavy atom. The summed E-state index contributed by atoms with van der Waals surface area (Å²) in [6, 6.07) is 1.86. The molecule has 1 heterocycles. The highest BCUT2D eigenvalue weighted by molar-refractivity contribution is 9.11. The van der Waals surface area contributed by atoms with Crippen molar-refractivity contribution in [1.29, 1.82) is 0 Å². The van der Waals surface area contributed by atoms with Crippen molar-refractivity contribution in [2.45, 2.75) is 19.4 Å². The van der Waals surface area contributed by atoms with Gasteiger partial charge in [-0.2, -0.15) is 0 Å². The summed E-state index contributed by atoms with van der Waals surface area (Å²) in [7, 11) is 0. The van der Waals surface area contributed by atoms with Gasteiger partial charge >= 0.3 is 0 Å². The third kappa shape index (κ3) is 3.54. The molecule has 13 heavy (non-hydrogen) atoms. The van der Waals surface area contributed by atoms with Crippen LogP contribution in [0.25, 0.3) is 0 Å². The second-order valence-corrected chi connectivity index (χ2v) is 5.09. The quantitative estimate of drug-likeness (QED) is 0.903. The summed E-state index contributed by atoms with van der Waals surface area (Å²) >= 11 is 4.99. The molecule has 0 aliphatic carbocycles. The van der Waals surface area contributed by atoms with E-state index >= 15 is 0 Å². The van der Waals surface area contributed by atoms with E-state index in [1.807, 2.05) is 13.0 Å². The van der Waals surface area contributed by atoms with Gasteiger partial charge in [0, 0.05) is 10.9 Å². The topological polar surface area (TPSA) is 26.0 Å². The van der Waals surface area contributed by atoms with Crippen molar-refractivity contribution in [2.75, 3.05) is 6.67 Å². The Labute approximate surface area is 96.1 Å². The van der Waals surface area contributed by atoms with Crippen molar-refractivity contribution in [3.05, 3.63) is 20.3 Å². The fraction of sp³-hybridized carbons (Fsp3) is 0.500. The highest BCUT2D eigenvalue weighted by Gasteiger charge is 2.10. The molecule has 0 amide bonds. The number of thiophene rings is 1. The summed E-state index contributed by atoms with van der Waals surface area (Å²) < 4.78 is 13.0. The second kappa shape index (κ2) is 5.96. The molecule has 0 fully saturated rings. The molecular formula is C8H12BrClFNS. The summed E-state index contributed by atoms with van der Waals surface area (Å²) in [5.74, 6) is 0. The first-order valence-corrected chi connectivity index (χ1v) is 5.33. The second-order valence-electron chi connectivity index (χ2n) is 2.69. The maximum Gasteiger partial charge on any atom is 0.0912 e. The molecule has 5 heteroatoms. The van der Waals surface area contributed by atoms with Crippen molar-refractivity contribution in [1.82, 2.24) is 0 Å². The Balaban J connectivity index is 0.00000144. The molecule has 1 rings (SSSR count).